The number of hydrogen-bond donors (Lipinski definition) is 1. The van der Waals surface area contributed by atoms with E-state index in [-0.39, 0.29) is 0 Å². The average molecular weight is 381 g/mol. The molecule has 2 aromatic rings. The van der Waals surface area contributed by atoms with E-state index >= 15 is 0 Å². The smallest absolute Gasteiger partial charge is 0.229 e. The Morgan fingerprint density at radius 2 is 1.96 bits per heavy atom. The topological polar surface area (TPSA) is 58.6 Å². The van der Waals surface area contributed by atoms with Crippen LogP contribution in [0.5, 0.6) is 5.75 Å². The number of nitrogens with one attached hydrogen (secondary N) is 1. The number of thiophene rings is 1. The summed E-state index contributed by atoms with van der Waals surface area (Å²) in [5.74, 6) is 0.744. The van der Waals surface area contributed by atoms with E-state index in [0.29, 0.717) is 24.4 Å². The van der Waals surface area contributed by atoms with Crippen LogP contribution in [0.1, 0.15) is 30.3 Å². The van der Waals surface area contributed by atoms with E-state index in [1.807, 2.05) is 11.3 Å². The maximum atomic E-state index is 11.2. The van der Waals surface area contributed by atoms with Gasteiger partial charge in [-0.05, 0) is 61.5 Å². The first-order valence-electron chi connectivity index (χ1n) is 8.36. The molecule has 0 spiro atoms. The lowest BCUT2D eigenvalue weighted by molar-refractivity contribution is 0.115. The fourth-order valence-corrected chi connectivity index (χ4v) is 4.94. The van der Waals surface area contributed by atoms with Crippen LogP contribution >= 0.6 is 11.3 Å². The van der Waals surface area contributed by atoms with E-state index in [4.69, 9.17) is 4.74 Å². The van der Waals surface area contributed by atoms with Crippen LogP contribution in [0.2, 0.25) is 0 Å². The Morgan fingerprint density at radius 1 is 1.24 bits per heavy atom. The molecule has 0 bridgehead atoms. The third-order valence-electron chi connectivity index (χ3n) is 4.51. The zero-order valence-electron chi connectivity index (χ0n) is 14.7. The number of ether oxygens (including phenoxy) is 1. The molecule has 0 saturated heterocycles. The SMILES string of the molecule is CC1Cc2ccsc2C(C)N1CCOc1ccc(NS(C)(=O)=O)cc1. The standard InChI is InChI=1S/C18H24N2O3S2/c1-13-12-15-8-11-24-18(15)14(2)20(13)9-10-23-17-6-4-16(5-7-17)19-25(3,21)22/h4-8,11,13-14,19H,9-10,12H2,1-3H3. The predicted octanol–water partition coefficient (Wildman–Crippen LogP) is 3.51. The molecule has 2 heterocycles. The summed E-state index contributed by atoms with van der Waals surface area (Å²) in [5, 5.41) is 2.18. The summed E-state index contributed by atoms with van der Waals surface area (Å²) < 4.78 is 30.7. The molecular formula is C18H24N2O3S2. The number of hydrogen-bond acceptors (Lipinski definition) is 5. The van der Waals surface area contributed by atoms with Crippen molar-refractivity contribution in [1.82, 2.24) is 4.90 Å². The van der Waals surface area contributed by atoms with E-state index in [1.165, 1.54) is 10.4 Å². The monoisotopic (exact) mass is 380 g/mol. The van der Waals surface area contributed by atoms with Crippen LogP contribution < -0.4 is 9.46 Å². The second-order valence-electron chi connectivity index (χ2n) is 6.52. The lowest BCUT2D eigenvalue weighted by Gasteiger charge is -2.38. The van der Waals surface area contributed by atoms with Gasteiger partial charge in [-0.1, -0.05) is 0 Å². The number of sulfonamides is 1. The first kappa shape index (κ1) is 18.2. The summed E-state index contributed by atoms with van der Waals surface area (Å²) in [6.45, 7) is 6.00. The van der Waals surface area contributed by atoms with Gasteiger partial charge in [-0.3, -0.25) is 9.62 Å². The number of fused-ring (bicyclic) bond motifs is 1. The minimum atomic E-state index is -3.25. The molecule has 2 unspecified atom stereocenters. The fraction of sp³-hybridized carbons (Fsp3) is 0.444. The number of rotatable bonds is 6. The van der Waals surface area contributed by atoms with E-state index in [0.717, 1.165) is 25.0 Å². The highest BCUT2D eigenvalue weighted by Crippen LogP contribution is 2.36. The molecule has 25 heavy (non-hydrogen) atoms. The minimum absolute atomic E-state index is 0.420. The van der Waals surface area contributed by atoms with Crippen LogP contribution in [0.4, 0.5) is 5.69 Å². The second kappa shape index (κ2) is 7.35. The van der Waals surface area contributed by atoms with Gasteiger partial charge in [-0.25, -0.2) is 8.42 Å². The Balaban J connectivity index is 1.54. The maximum Gasteiger partial charge on any atom is 0.229 e. The Morgan fingerprint density at radius 3 is 2.64 bits per heavy atom. The summed E-state index contributed by atoms with van der Waals surface area (Å²) >= 11 is 1.84. The van der Waals surface area contributed by atoms with Gasteiger partial charge in [0.1, 0.15) is 12.4 Å². The second-order valence-corrected chi connectivity index (χ2v) is 9.22. The van der Waals surface area contributed by atoms with Gasteiger partial charge >= 0.3 is 0 Å². The quantitative estimate of drug-likeness (QED) is 0.833. The van der Waals surface area contributed by atoms with Crippen LogP contribution in [-0.4, -0.2) is 38.8 Å². The van der Waals surface area contributed by atoms with Gasteiger partial charge in [0.25, 0.3) is 0 Å². The summed E-state index contributed by atoms with van der Waals surface area (Å²) in [4.78, 5) is 3.95. The predicted molar refractivity (Wildman–Crippen MR) is 103 cm³/mol. The molecule has 1 aromatic carbocycles. The highest BCUT2D eigenvalue weighted by atomic mass is 32.2. The summed E-state index contributed by atoms with van der Waals surface area (Å²) in [6.07, 6.45) is 2.23. The lowest BCUT2D eigenvalue weighted by atomic mass is 9.97. The van der Waals surface area contributed by atoms with Gasteiger partial charge in [-0.15, -0.1) is 11.3 Å². The molecule has 0 fully saturated rings. The molecule has 3 rings (SSSR count). The van der Waals surface area contributed by atoms with Crippen molar-refractivity contribution in [2.24, 2.45) is 0 Å². The third kappa shape index (κ3) is 4.54. The van der Waals surface area contributed by atoms with Crippen LogP contribution in [-0.2, 0) is 16.4 Å². The third-order valence-corrected chi connectivity index (χ3v) is 6.25. The number of nitrogens with zero attached hydrogens (tertiary/aromatic N) is 1. The van der Waals surface area contributed by atoms with Crippen LogP contribution in [0.25, 0.3) is 0 Å². The molecule has 1 aliphatic heterocycles. The first-order valence-corrected chi connectivity index (χ1v) is 11.1. The van der Waals surface area contributed by atoms with Crippen molar-refractivity contribution in [3.63, 3.8) is 0 Å². The number of anilines is 1. The molecule has 1 aliphatic rings. The molecule has 0 saturated carbocycles. The summed E-state index contributed by atoms with van der Waals surface area (Å²) in [6, 6.07) is 10.2. The Hall–Kier alpha value is -1.57. The molecule has 1 aromatic heterocycles. The molecule has 0 aliphatic carbocycles. The largest absolute Gasteiger partial charge is 0.492 e. The van der Waals surface area contributed by atoms with Crippen molar-refractivity contribution in [3.05, 3.63) is 46.2 Å². The number of benzene rings is 1. The molecule has 5 nitrogen and oxygen atoms in total. The van der Waals surface area contributed by atoms with E-state index < -0.39 is 10.0 Å². The molecule has 2 atom stereocenters. The van der Waals surface area contributed by atoms with Crippen molar-refractivity contribution >= 4 is 27.0 Å². The first-order chi connectivity index (χ1) is 11.8. The fourth-order valence-electron chi connectivity index (χ4n) is 3.37. The van der Waals surface area contributed by atoms with Gasteiger partial charge in [0.15, 0.2) is 0 Å². The van der Waals surface area contributed by atoms with Crippen LogP contribution in [0.15, 0.2) is 35.7 Å². The zero-order valence-corrected chi connectivity index (χ0v) is 16.4. The highest BCUT2D eigenvalue weighted by molar-refractivity contribution is 7.92. The normalized spacial score (nSPS) is 20.9. The Bertz CT molecular complexity index is 815. The Kier molecular flexibility index (Phi) is 5.36. The molecule has 7 heteroatoms. The minimum Gasteiger partial charge on any atom is -0.492 e. The highest BCUT2D eigenvalue weighted by Gasteiger charge is 2.29. The van der Waals surface area contributed by atoms with E-state index in [2.05, 4.69) is 34.9 Å². The van der Waals surface area contributed by atoms with Crippen molar-refractivity contribution in [2.75, 3.05) is 24.1 Å². The summed E-state index contributed by atoms with van der Waals surface area (Å²) in [5.41, 5.74) is 2.02. The van der Waals surface area contributed by atoms with Gasteiger partial charge < -0.3 is 4.74 Å². The molecule has 1 N–H and O–H groups in total. The van der Waals surface area contributed by atoms with Gasteiger partial charge in [0.2, 0.25) is 10.0 Å². The van der Waals surface area contributed by atoms with Gasteiger partial charge in [0, 0.05) is 29.2 Å². The van der Waals surface area contributed by atoms with Crippen molar-refractivity contribution in [2.45, 2.75) is 32.4 Å². The maximum absolute atomic E-state index is 11.2. The van der Waals surface area contributed by atoms with E-state index in [9.17, 15) is 8.42 Å². The molecule has 136 valence electrons. The van der Waals surface area contributed by atoms with Gasteiger partial charge in [0.05, 0.1) is 6.26 Å². The molecular weight excluding hydrogens is 356 g/mol. The van der Waals surface area contributed by atoms with Crippen LogP contribution in [0, 0.1) is 0 Å². The van der Waals surface area contributed by atoms with Gasteiger partial charge in [-0.2, -0.15) is 0 Å². The Labute approximate surface area is 153 Å². The van der Waals surface area contributed by atoms with Crippen molar-refractivity contribution < 1.29 is 13.2 Å². The van der Waals surface area contributed by atoms with E-state index in [1.54, 1.807) is 24.3 Å². The zero-order chi connectivity index (χ0) is 18.0. The molecule has 0 radical (unpaired) electrons. The van der Waals surface area contributed by atoms with Crippen molar-refractivity contribution in [3.8, 4) is 5.75 Å². The molecule has 0 amide bonds. The lowest BCUT2D eigenvalue weighted by Crippen LogP contribution is -2.42. The van der Waals surface area contributed by atoms with Crippen molar-refractivity contribution in [1.29, 1.82) is 0 Å². The summed E-state index contributed by atoms with van der Waals surface area (Å²) in [7, 11) is -3.25. The average Bonchev–Trinajstić information content (AvgIpc) is 2.99. The van der Waals surface area contributed by atoms with Crippen LogP contribution in [0.3, 0.4) is 0 Å².